The van der Waals surface area contributed by atoms with Crippen LogP contribution in [0.2, 0.25) is 0 Å². The lowest BCUT2D eigenvalue weighted by molar-refractivity contribution is 0.415. The van der Waals surface area contributed by atoms with Crippen LogP contribution in [0, 0.1) is 0 Å². The van der Waals surface area contributed by atoms with Crippen molar-refractivity contribution in [2.45, 2.75) is 6.54 Å². The van der Waals surface area contributed by atoms with Gasteiger partial charge in [0.1, 0.15) is 5.75 Å². The second kappa shape index (κ2) is 3.70. The zero-order valence-electron chi connectivity index (χ0n) is 8.40. The van der Waals surface area contributed by atoms with Gasteiger partial charge in [0.05, 0.1) is 18.3 Å². The number of aromatic nitrogens is 2. The summed E-state index contributed by atoms with van der Waals surface area (Å²) in [7, 11) is 1.61. The standard InChI is InChI=1S/C10H12N4O/c1-15-6-2-3-8-7(4-6)9(5-11)14-10(12)13-8/h2-4H,5,11H2,1H3,(H2,12,13,14). The molecule has 1 heterocycles. The van der Waals surface area contributed by atoms with Crippen LogP contribution < -0.4 is 16.2 Å². The van der Waals surface area contributed by atoms with E-state index >= 15 is 0 Å². The number of hydrogen-bond acceptors (Lipinski definition) is 5. The number of nitrogens with two attached hydrogens (primary N) is 2. The molecule has 0 spiro atoms. The van der Waals surface area contributed by atoms with E-state index < -0.39 is 0 Å². The summed E-state index contributed by atoms with van der Waals surface area (Å²) in [5.74, 6) is 0.999. The minimum Gasteiger partial charge on any atom is -0.497 e. The molecule has 0 aliphatic rings. The first-order valence-electron chi connectivity index (χ1n) is 4.55. The Bertz CT molecular complexity index is 498. The summed E-state index contributed by atoms with van der Waals surface area (Å²) in [5, 5.41) is 0.881. The molecule has 0 amide bonds. The van der Waals surface area contributed by atoms with E-state index in [0.29, 0.717) is 6.54 Å². The summed E-state index contributed by atoms with van der Waals surface area (Å²) >= 11 is 0. The van der Waals surface area contributed by atoms with Crippen molar-refractivity contribution >= 4 is 16.9 Å². The van der Waals surface area contributed by atoms with Crippen molar-refractivity contribution in [3.05, 3.63) is 23.9 Å². The van der Waals surface area contributed by atoms with Crippen molar-refractivity contribution in [2.75, 3.05) is 12.8 Å². The molecular formula is C10H12N4O. The van der Waals surface area contributed by atoms with Gasteiger partial charge in [-0.05, 0) is 18.2 Å². The number of anilines is 1. The van der Waals surface area contributed by atoms with E-state index in [1.165, 1.54) is 0 Å². The SMILES string of the molecule is COc1ccc2nc(N)nc(CN)c2c1. The fourth-order valence-electron chi connectivity index (χ4n) is 1.47. The maximum Gasteiger partial charge on any atom is 0.220 e. The third-order valence-electron chi connectivity index (χ3n) is 2.19. The number of benzene rings is 1. The number of ether oxygens (including phenoxy) is 1. The zero-order chi connectivity index (χ0) is 10.8. The number of fused-ring (bicyclic) bond motifs is 1. The largest absolute Gasteiger partial charge is 0.497 e. The quantitative estimate of drug-likeness (QED) is 0.751. The van der Waals surface area contributed by atoms with Crippen LogP contribution in [0.3, 0.4) is 0 Å². The lowest BCUT2D eigenvalue weighted by Gasteiger charge is -2.06. The normalized spacial score (nSPS) is 10.5. The number of nitrogen functional groups attached to an aromatic ring is 1. The molecule has 78 valence electrons. The Morgan fingerprint density at radius 1 is 1.33 bits per heavy atom. The van der Waals surface area contributed by atoms with Crippen molar-refractivity contribution in [3.63, 3.8) is 0 Å². The Morgan fingerprint density at radius 2 is 2.13 bits per heavy atom. The van der Waals surface area contributed by atoms with Gasteiger partial charge in [-0.1, -0.05) is 0 Å². The average Bonchev–Trinajstić information content (AvgIpc) is 2.27. The van der Waals surface area contributed by atoms with E-state index in [1.807, 2.05) is 18.2 Å². The van der Waals surface area contributed by atoms with Crippen LogP contribution in [0.25, 0.3) is 10.9 Å². The van der Waals surface area contributed by atoms with Gasteiger partial charge in [-0.2, -0.15) is 0 Å². The summed E-state index contributed by atoms with van der Waals surface area (Å²) in [6.07, 6.45) is 0. The van der Waals surface area contributed by atoms with Crippen LogP contribution in [-0.4, -0.2) is 17.1 Å². The molecule has 15 heavy (non-hydrogen) atoms. The summed E-state index contributed by atoms with van der Waals surface area (Å²) in [4.78, 5) is 8.20. The third-order valence-corrected chi connectivity index (χ3v) is 2.19. The van der Waals surface area contributed by atoms with Crippen LogP contribution in [0.15, 0.2) is 18.2 Å². The number of methoxy groups -OCH3 is 1. The molecule has 0 atom stereocenters. The Kier molecular flexibility index (Phi) is 2.39. The van der Waals surface area contributed by atoms with E-state index in [9.17, 15) is 0 Å². The Labute approximate surface area is 87.1 Å². The van der Waals surface area contributed by atoms with Gasteiger partial charge in [-0.3, -0.25) is 0 Å². The lowest BCUT2D eigenvalue weighted by atomic mass is 10.2. The molecule has 4 N–H and O–H groups in total. The Morgan fingerprint density at radius 3 is 2.80 bits per heavy atom. The fourth-order valence-corrected chi connectivity index (χ4v) is 1.47. The molecule has 0 radical (unpaired) electrons. The van der Waals surface area contributed by atoms with Crippen molar-refractivity contribution in [1.29, 1.82) is 0 Å². The number of nitrogens with zero attached hydrogens (tertiary/aromatic N) is 2. The van der Waals surface area contributed by atoms with Crippen molar-refractivity contribution < 1.29 is 4.74 Å². The van der Waals surface area contributed by atoms with Gasteiger partial charge in [0.2, 0.25) is 5.95 Å². The molecule has 1 aromatic carbocycles. The average molecular weight is 204 g/mol. The van der Waals surface area contributed by atoms with Crippen LogP contribution in [0.5, 0.6) is 5.75 Å². The molecule has 0 saturated carbocycles. The van der Waals surface area contributed by atoms with Gasteiger partial charge in [0.15, 0.2) is 0 Å². The van der Waals surface area contributed by atoms with Gasteiger partial charge < -0.3 is 16.2 Å². The Hall–Kier alpha value is -1.88. The molecule has 0 fully saturated rings. The minimum atomic E-state index is 0.244. The molecule has 5 nitrogen and oxygen atoms in total. The third kappa shape index (κ3) is 1.69. The summed E-state index contributed by atoms with van der Waals surface area (Å²) < 4.78 is 5.12. The van der Waals surface area contributed by atoms with Crippen LogP contribution in [0.1, 0.15) is 5.69 Å². The first-order valence-corrected chi connectivity index (χ1v) is 4.55. The molecule has 2 aromatic rings. The smallest absolute Gasteiger partial charge is 0.220 e. The molecule has 0 bridgehead atoms. The highest BCUT2D eigenvalue weighted by atomic mass is 16.5. The summed E-state index contributed by atoms with van der Waals surface area (Å²) in [6, 6.07) is 5.53. The van der Waals surface area contributed by atoms with Gasteiger partial charge in [0.25, 0.3) is 0 Å². The van der Waals surface area contributed by atoms with E-state index in [4.69, 9.17) is 16.2 Å². The molecular weight excluding hydrogens is 192 g/mol. The highest BCUT2D eigenvalue weighted by molar-refractivity contribution is 5.83. The van der Waals surface area contributed by atoms with E-state index in [-0.39, 0.29) is 5.95 Å². The maximum absolute atomic E-state index is 5.59. The van der Waals surface area contributed by atoms with E-state index in [2.05, 4.69) is 9.97 Å². The molecule has 0 aliphatic carbocycles. The molecule has 0 aliphatic heterocycles. The minimum absolute atomic E-state index is 0.244. The molecule has 5 heteroatoms. The van der Waals surface area contributed by atoms with E-state index in [0.717, 1.165) is 22.3 Å². The Balaban J connectivity index is 2.73. The molecule has 0 unspecified atom stereocenters. The first-order chi connectivity index (χ1) is 7.24. The second-order valence-electron chi connectivity index (χ2n) is 3.12. The van der Waals surface area contributed by atoms with Crippen molar-refractivity contribution in [1.82, 2.24) is 9.97 Å². The van der Waals surface area contributed by atoms with Crippen molar-refractivity contribution in [2.24, 2.45) is 5.73 Å². The highest BCUT2D eigenvalue weighted by Gasteiger charge is 2.05. The van der Waals surface area contributed by atoms with Crippen LogP contribution in [0.4, 0.5) is 5.95 Å². The van der Waals surface area contributed by atoms with Gasteiger partial charge in [0, 0.05) is 11.9 Å². The van der Waals surface area contributed by atoms with Gasteiger partial charge >= 0.3 is 0 Å². The number of rotatable bonds is 2. The summed E-state index contributed by atoms with van der Waals surface area (Å²) in [5.41, 5.74) is 12.7. The van der Waals surface area contributed by atoms with Gasteiger partial charge in [-0.15, -0.1) is 0 Å². The predicted octanol–water partition coefficient (Wildman–Crippen LogP) is 0.679. The first kappa shape index (κ1) is 9.67. The number of hydrogen-bond donors (Lipinski definition) is 2. The molecule has 0 saturated heterocycles. The highest BCUT2D eigenvalue weighted by Crippen LogP contribution is 2.22. The lowest BCUT2D eigenvalue weighted by Crippen LogP contribution is -2.05. The van der Waals surface area contributed by atoms with Gasteiger partial charge in [-0.25, -0.2) is 9.97 Å². The maximum atomic E-state index is 5.59. The fraction of sp³-hybridized carbons (Fsp3) is 0.200. The van der Waals surface area contributed by atoms with E-state index in [1.54, 1.807) is 7.11 Å². The predicted molar refractivity (Wildman–Crippen MR) is 58.4 cm³/mol. The molecule has 2 rings (SSSR count). The second-order valence-corrected chi connectivity index (χ2v) is 3.12. The topological polar surface area (TPSA) is 87.0 Å². The summed E-state index contributed by atoms with van der Waals surface area (Å²) in [6.45, 7) is 0.330. The monoisotopic (exact) mass is 204 g/mol. The van der Waals surface area contributed by atoms with Crippen molar-refractivity contribution in [3.8, 4) is 5.75 Å². The van der Waals surface area contributed by atoms with Crippen LogP contribution in [-0.2, 0) is 6.54 Å². The zero-order valence-corrected chi connectivity index (χ0v) is 8.40. The molecule has 1 aromatic heterocycles. The van der Waals surface area contributed by atoms with Crippen LogP contribution >= 0.6 is 0 Å².